The number of rotatable bonds is 4. The fourth-order valence-electron chi connectivity index (χ4n) is 3.20. The van der Waals surface area contributed by atoms with Crippen molar-refractivity contribution in [2.24, 2.45) is 0 Å². The molecule has 2 aliphatic heterocycles. The normalized spacial score (nSPS) is 14.8. The van der Waals surface area contributed by atoms with E-state index in [1.54, 1.807) is 14.2 Å². The van der Waals surface area contributed by atoms with Gasteiger partial charge in [-0.15, -0.1) is 0 Å². The summed E-state index contributed by atoms with van der Waals surface area (Å²) in [6.45, 7) is 2.13. The lowest BCUT2D eigenvalue weighted by Gasteiger charge is -2.21. The highest BCUT2D eigenvalue weighted by atomic mass is 16.7. The van der Waals surface area contributed by atoms with Gasteiger partial charge in [-0.3, -0.25) is 0 Å². The van der Waals surface area contributed by atoms with E-state index in [2.05, 4.69) is 29.2 Å². The van der Waals surface area contributed by atoms with E-state index in [-0.39, 0.29) is 0 Å². The first-order valence-electron chi connectivity index (χ1n) is 7.67. The minimum atomic E-state index is 0.308. The van der Waals surface area contributed by atoms with Gasteiger partial charge in [-0.05, 0) is 35.7 Å². The molecule has 0 atom stereocenters. The van der Waals surface area contributed by atoms with E-state index < -0.39 is 0 Å². The molecule has 0 saturated heterocycles. The zero-order valence-electron chi connectivity index (χ0n) is 13.3. The number of fused-ring (bicyclic) bond motifs is 2. The Morgan fingerprint density at radius 1 is 1.00 bits per heavy atom. The first-order chi connectivity index (χ1) is 11.3. The Labute approximate surface area is 135 Å². The lowest BCUT2D eigenvalue weighted by Crippen LogP contribution is -2.19. The minimum Gasteiger partial charge on any atom is -0.493 e. The van der Waals surface area contributed by atoms with E-state index in [4.69, 9.17) is 18.9 Å². The molecule has 0 radical (unpaired) electrons. The van der Waals surface area contributed by atoms with Crippen LogP contribution in [0.15, 0.2) is 30.3 Å². The number of nitrogens with zero attached hydrogens (tertiary/aromatic N) is 1. The van der Waals surface area contributed by atoms with Crippen molar-refractivity contribution in [1.29, 1.82) is 0 Å². The maximum Gasteiger partial charge on any atom is 0.231 e. The van der Waals surface area contributed by atoms with Gasteiger partial charge in [0.1, 0.15) is 0 Å². The van der Waals surface area contributed by atoms with Gasteiger partial charge in [0, 0.05) is 24.8 Å². The van der Waals surface area contributed by atoms with Crippen LogP contribution in [0.5, 0.6) is 23.0 Å². The van der Waals surface area contributed by atoms with Gasteiger partial charge in [0.05, 0.1) is 14.2 Å². The van der Waals surface area contributed by atoms with Crippen molar-refractivity contribution in [2.45, 2.75) is 13.0 Å². The second-order valence-electron chi connectivity index (χ2n) is 5.70. The van der Waals surface area contributed by atoms with Crippen molar-refractivity contribution < 1.29 is 18.9 Å². The highest BCUT2D eigenvalue weighted by Gasteiger charge is 2.23. The van der Waals surface area contributed by atoms with Crippen molar-refractivity contribution in [3.8, 4) is 23.0 Å². The molecule has 2 aromatic rings. The molecule has 4 rings (SSSR count). The van der Waals surface area contributed by atoms with Crippen LogP contribution < -0.4 is 23.8 Å². The molecule has 0 spiro atoms. The van der Waals surface area contributed by atoms with E-state index in [1.165, 1.54) is 16.8 Å². The standard InChI is InChI=1S/C18H19NO4/c1-20-16-8-13-5-6-19(14(13)9-17(16)21-2)10-12-3-4-15-18(7-12)23-11-22-15/h3-4,7-9H,5-6,10-11H2,1-2H3. The third-order valence-corrected chi connectivity index (χ3v) is 4.39. The Kier molecular flexibility index (Phi) is 3.41. The average Bonchev–Trinajstić information content (AvgIpc) is 3.20. The monoisotopic (exact) mass is 313 g/mol. The van der Waals surface area contributed by atoms with Crippen molar-refractivity contribution in [1.82, 2.24) is 0 Å². The summed E-state index contributed by atoms with van der Waals surface area (Å²) in [5.74, 6) is 3.20. The average molecular weight is 313 g/mol. The van der Waals surface area contributed by atoms with Crippen LogP contribution in [0.3, 0.4) is 0 Å². The summed E-state index contributed by atoms with van der Waals surface area (Å²) in [6.07, 6.45) is 1.01. The maximum absolute atomic E-state index is 5.46. The van der Waals surface area contributed by atoms with Crippen molar-refractivity contribution in [3.63, 3.8) is 0 Å². The van der Waals surface area contributed by atoms with E-state index in [1.807, 2.05) is 6.07 Å². The van der Waals surface area contributed by atoms with Gasteiger partial charge in [-0.2, -0.15) is 0 Å². The Balaban J connectivity index is 1.61. The molecular formula is C18H19NO4. The molecule has 0 N–H and O–H groups in total. The highest BCUT2D eigenvalue weighted by Crippen LogP contribution is 2.40. The number of anilines is 1. The summed E-state index contributed by atoms with van der Waals surface area (Å²) in [7, 11) is 3.34. The van der Waals surface area contributed by atoms with Crippen LogP contribution in [-0.2, 0) is 13.0 Å². The van der Waals surface area contributed by atoms with Gasteiger partial charge in [-0.1, -0.05) is 6.07 Å². The third kappa shape index (κ3) is 2.42. The fourth-order valence-corrected chi connectivity index (χ4v) is 3.20. The molecule has 0 bridgehead atoms. The Morgan fingerprint density at radius 3 is 2.61 bits per heavy atom. The van der Waals surface area contributed by atoms with Gasteiger partial charge in [-0.25, -0.2) is 0 Å². The molecule has 0 aromatic heterocycles. The number of hydrogen-bond acceptors (Lipinski definition) is 5. The predicted octanol–water partition coefficient (Wildman–Crippen LogP) is 3.00. The summed E-state index contributed by atoms with van der Waals surface area (Å²) in [4.78, 5) is 2.36. The lowest BCUT2D eigenvalue weighted by atomic mass is 10.1. The van der Waals surface area contributed by atoms with Crippen molar-refractivity contribution in [3.05, 3.63) is 41.5 Å². The molecule has 23 heavy (non-hydrogen) atoms. The predicted molar refractivity (Wildman–Crippen MR) is 86.9 cm³/mol. The zero-order chi connectivity index (χ0) is 15.8. The molecule has 0 unspecified atom stereocenters. The van der Waals surface area contributed by atoms with Crippen LogP contribution in [0.4, 0.5) is 5.69 Å². The number of methoxy groups -OCH3 is 2. The number of hydrogen-bond donors (Lipinski definition) is 0. The van der Waals surface area contributed by atoms with Crippen molar-refractivity contribution in [2.75, 3.05) is 32.5 Å². The summed E-state index contributed by atoms with van der Waals surface area (Å²) in [5, 5.41) is 0. The highest BCUT2D eigenvalue weighted by molar-refractivity contribution is 5.65. The van der Waals surface area contributed by atoms with Crippen LogP contribution in [0.2, 0.25) is 0 Å². The Morgan fingerprint density at radius 2 is 1.78 bits per heavy atom. The van der Waals surface area contributed by atoms with Crippen LogP contribution >= 0.6 is 0 Å². The molecular weight excluding hydrogens is 294 g/mol. The number of ether oxygens (including phenoxy) is 4. The molecule has 0 aliphatic carbocycles. The molecule has 2 aromatic carbocycles. The molecule has 5 nitrogen and oxygen atoms in total. The van der Waals surface area contributed by atoms with Gasteiger partial charge in [0.2, 0.25) is 6.79 Å². The molecule has 120 valence electrons. The molecule has 0 saturated carbocycles. The van der Waals surface area contributed by atoms with Crippen molar-refractivity contribution >= 4 is 5.69 Å². The Bertz CT molecular complexity index is 744. The first-order valence-corrected chi connectivity index (χ1v) is 7.67. The molecule has 5 heteroatoms. The summed E-state index contributed by atoms with van der Waals surface area (Å²) < 4.78 is 21.7. The second-order valence-corrected chi connectivity index (χ2v) is 5.70. The van der Waals surface area contributed by atoms with Crippen LogP contribution in [0.25, 0.3) is 0 Å². The largest absolute Gasteiger partial charge is 0.493 e. The molecule has 2 aliphatic rings. The minimum absolute atomic E-state index is 0.308. The molecule has 0 fully saturated rings. The van der Waals surface area contributed by atoms with Crippen LogP contribution in [0, 0.1) is 0 Å². The van der Waals surface area contributed by atoms with Gasteiger partial charge < -0.3 is 23.8 Å². The van der Waals surface area contributed by atoms with Gasteiger partial charge >= 0.3 is 0 Å². The van der Waals surface area contributed by atoms with Crippen LogP contribution in [0.1, 0.15) is 11.1 Å². The van der Waals surface area contributed by atoms with E-state index in [0.717, 1.165) is 42.5 Å². The third-order valence-electron chi connectivity index (χ3n) is 4.39. The van der Waals surface area contributed by atoms with Gasteiger partial charge in [0.15, 0.2) is 23.0 Å². The van der Waals surface area contributed by atoms with Crippen LogP contribution in [-0.4, -0.2) is 27.6 Å². The molecule has 2 heterocycles. The Hall–Kier alpha value is -2.56. The quantitative estimate of drug-likeness (QED) is 0.868. The summed E-state index contributed by atoms with van der Waals surface area (Å²) in [6, 6.07) is 10.3. The second kappa shape index (κ2) is 5.57. The van der Waals surface area contributed by atoms with E-state index in [0.29, 0.717) is 6.79 Å². The van der Waals surface area contributed by atoms with E-state index >= 15 is 0 Å². The summed E-state index contributed by atoms with van der Waals surface area (Å²) in [5.41, 5.74) is 3.71. The SMILES string of the molecule is COc1cc2c(cc1OC)N(Cc1ccc3c(c1)OCO3)CC2. The maximum atomic E-state index is 5.46. The zero-order valence-corrected chi connectivity index (χ0v) is 13.3. The number of benzene rings is 2. The topological polar surface area (TPSA) is 40.2 Å². The van der Waals surface area contributed by atoms with E-state index in [9.17, 15) is 0 Å². The lowest BCUT2D eigenvalue weighted by molar-refractivity contribution is 0.174. The van der Waals surface area contributed by atoms with Gasteiger partial charge in [0.25, 0.3) is 0 Å². The fraction of sp³-hybridized carbons (Fsp3) is 0.333. The molecule has 0 amide bonds. The summed E-state index contributed by atoms with van der Waals surface area (Å²) >= 11 is 0. The smallest absolute Gasteiger partial charge is 0.231 e. The first kappa shape index (κ1) is 14.1.